The van der Waals surface area contributed by atoms with Crippen molar-refractivity contribution < 1.29 is 5.11 Å². The predicted octanol–water partition coefficient (Wildman–Crippen LogP) is 10.7. The van der Waals surface area contributed by atoms with Crippen LogP contribution >= 0.6 is 0 Å². The van der Waals surface area contributed by atoms with E-state index in [0.717, 1.165) is 24.7 Å². The number of hydrogen-bond acceptors (Lipinski definition) is 1. The third-order valence-corrected chi connectivity index (χ3v) is 11.2. The highest BCUT2D eigenvalue weighted by Crippen LogP contribution is 2.52. The van der Waals surface area contributed by atoms with E-state index >= 15 is 0 Å². The minimum Gasteiger partial charge on any atom is -0.392 e. The molecule has 0 amide bonds. The zero-order valence-corrected chi connectivity index (χ0v) is 27.7. The maximum Gasteiger partial charge on any atom is 0.0639 e. The van der Waals surface area contributed by atoms with Crippen molar-refractivity contribution in [3.05, 3.63) is 70.8 Å². The van der Waals surface area contributed by atoms with Crippen LogP contribution in [0.2, 0.25) is 0 Å². The highest BCUT2D eigenvalue weighted by Gasteiger charge is 2.45. The van der Waals surface area contributed by atoms with Gasteiger partial charge in [-0.3, -0.25) is 0 Å². The molecule has 0 heterocycles. The molecule has 222 valence electrons. The highest BCUT2D eigenvalue weighted by molar-refractivity contribution is 5.34. The molecule has 0 radical (unpaired) electrons. The first-order valence-corrected chi connectivity index (χ1v) is 16.4. The van der Waals surface area contributed by atoms with Gasteiger partial charge in [0.2, 0.25) is 0 Å². The number of rotatable bonds is 5. The van der Waals surface area contributed by atoms with Crippen LogP contribution in [0.15, 0.2) is 48.5 Å². The molecule has 8 unspecified atom stereocenters. The van der Waals surface area contributed by atoms with E-state index in [-0.39, 0.29) is 22.9 Å². The van der Waals surface area contributed by atoms with Crippen LogP contribution in [0.5, 0.6) is 0 Å². The molecule has 0 spiro atoms. The summed E-state index contributed by atoms with van der Waals surface area (Å²) in [6.07, 6.45) is 5.85. The fourth-order valence-electron chi connectivity index (χ4n) is 8.54. The number of aliphatic hydroxyl groups excluding tert-OH is 1. The maximum atomic E-state index is 12.1. The van der Waals surface area contributed by atoms with Crippen LogP contribution in [0, 0.1) is 35.0 Å². The van der Waals surface area contributed by atoms with Gasteiger partial charge in [-0.1, -0.05) is 125 Å². The summed E-state index contributed by atoms with van der Waals surface area (Å²) in [7, 11) is 0. The van der Waals surface area contributed by atoms with Gasteiger partial charge in [-0.05, 0) is 106 Å². The molecule has 1 heteroatoms. The zero-order chi connectivity index (χ0) is 29.6. The molecule has 0 saturated heterocycles. The second-order valence-electron chi connectivity index (χ2n) is 17.0. The Balaban J connectivity index is 1.64. The molecular formula is C39H60O. The minimum absolute atomic E-state index is 0.138. The Morgan fingerprint density at radius 3 is 1.73 bits per heavy atom. The van der Waals surface area contributed by atoms with Gasteiger partial charge in [-0.15, -0.1) is 0 Å². The molecule has 4 rings (SSSR count). The SMILES string of the molecule is CC(CC1C(C)C(c2ccc(C(C)(C)C)cc2)CC(c2ccc(C(C)(C)C)cc2)C1O)C1CCC(C)(C)CC1C. The van der Waals surface area contributed by atoms with E-state index in [2.05, 4.69) is 125 Å². The van der Waals surface area contributed by atoms with Crippen LogP contribution in [0.1, 0.15) is 142 Å². The van der Waals surface area contributed by atoms with Crippen molar-refractivity contribution in [3.8, 4) is 0 Å². The average Bonchev–Trinajstić information content (AvgIpc) is 2.85. The molecule has 2 aliphatic rings. The molecule has 0 aromatic heterocycles. The summed E-state index contributed by atoms with van der Waals surface area (Å²) < 4.78 is 0. The lowest BCUT2D eigenvalue weighted by Crippen LogP contribution is -2.43. The summed E-state index contributed by atoms with van der Waals surface area (Å²) in [6.45, 7) is 26.0. The molecule has 1 N–H and O–H groups in total. The van der Waals surface area contributed by atoms with Gasteiger partial charge in [0.1, 0.15) is 0 Å². The number of aliphatic hydroxyl groups is 1. The Bertz CT molecular complexity index is 1020. The summed E-state index contributed by atoms with van der Waals surface area (Å²) in [5, 5.41) is 12.1. The Hall–Kier alpha value is -1.60. The molecule has 8 atom stereocenters. The summed E-state index contributed by atoms with van der Waals surface area (Å²) >= 11 is 0. The van der Waals surface area contributed by atoms with Crippen LogP contribution in [-0.2, 0) is 10.8 Å². The van der Waals surface area contributed by atoms with Gasteiger partial charge >= 0.3 is 0 Å². The van der Waals surface area contributed by atoms with Crippen molar-refractivity contribution in [2.75, 3.05) is 0 Å². The first-order valence-electron chi connectivity index (χ1n) is 16.4. The van der Waals surface area contributed by atoms with E-state index in [9.17, 15) is 5.11 Å². The van der Waals surface area contributed by atoms with Gasteiger partial charge in [-0.2, -0.15) is 0 Å². The molecule has 40 heavy (non-hydrogen) atoms. The Morgan fingerprint density at radius 1 is 0.800 bits per heavy atom. The molecule has 0 aliphatic heterocycles. The lowest BCUT2D eigenvalue weighted by atomic mass is 9.58. The smallest absolute Gasteiger partial charge is 0.0639 e. The van der Waals surface area contributed by atoms with Gasteiger partial charge in [0.15, 0.2) is 0 Å². The number of benzene rings is 2. The molecule has 1 nitrogen and oxygen atoms in total. The zero-order valence-electron chi connectivity index (χ0n) is 27.7. The van der Waals surface area contributed by atoms with Crippen molar-refractivity contribution in [3.63, 3.8) is 0 Å². The maximum absolute atomic E-state index is 12.1. The second kappa shape index (κ2) is 11.6. The quantitative estimate of drug-likeness (QED) is 0.397. The van der Waals surface area contributed by atoms with E-state index in [1.54, 1.807) is 0 Å². The van der Waals surface area contributed by atoms with Crippen molar-refractivity contribution >= 4 is 0 Å². The summed E-state index contributed by atoms with van der Waals surface area (Å²) in [5.74, 6) is 3.57. The van der Waals surface area contributed by atoms with E-state index in [0.29, 0.717) is 29.1 Å². The second-order valence-corrected chi connectivity index (χ2v) is 17.0. The van der Waals surface area contributed by atoms with Crippen molar-refractivity contribution in [1.82, 2.24) is 0 Å². The number of hydrogen-bond donors (Lipinski definition) is 1. The summed E-state index contributed by atoms with van der Waals surface area (Å²) in [4.78, 5) is 0. The molecule has 0 bridgehead atoms. The van der Waals surface area contributed by atoms with E-state index in [1.165, 1.54) is 41.5 Å². The van der Waals surface area contributed by atoms with Crippen LogP contribution in [0.4, 0.5) is 0 Å². The van der Waals surface area contributed by atoms with E-state index in [1.807, 2.05) is 0 Å². The van der Waals surface area contributed by atoms with Crippen LogP contribution in [-0.4, -0.2) is 11.2 Å². The van der Waals surface area contributed by atoms with Crippen LogP contribution in [0.25, 0.3) is 0 Å². The van der Waals surface area contributed by atoms with E-state index in [4.69, 9.17) is 0 Å². The first-order chi connectivity index (χ1) is 18.5. The fourth-order valence-corrected chi connectivity index (χ4v) is 8.54. The standard InChI is InChI=1S/C39H60O/c1-25(32-20-21-39(10,11)24-26(32)2)22-34-27(3)33(28-12-16-30(17-13-28)37(4,5)6)23-35(36(34)40)29-14-18-31(19-15-29)38(7,8)9/h12-19,25-27,32-36,40H,20-24H2,1-11H3. The largest absolute Gasteiger partial charge is 0.392 e. The molecule has 2 aromatic carbocycles. The molecule has 2 aliphatic carbocycles. The van der Waals surface area contributed by atoms with Crippen molar-refractivity contribution in [2.45, 2.75) is 137 Å². The Kier molecular flexibility index (Phi) is 9.08. The Morgan fingerprint density at radius 2 is 1.27 bits per heavy atom. The Labute approximate surface area is 247 Å². The van der Waals surface area contributed by atoms with Gasteiger partial charge in [0, 0.05) is 5.92 Å². The van der Waals surface area contributed by atoms with Crippen molar-refractivity contribution in [2.24, 2.45) is 35.0 Å². The third-order valence-electron chi connectivity index (χ3n) is 11.2. The minimum atomic E-state index is -0.293. The highest BCUT2D eigenvalue weighted by atomic mass is 16.3. The van der Waals surface area contributed by atoms with Crippen LogP contribution < -0.4 is 0 Å². The average molecular weight is 545 g/mol. The lowest BCUT2D eigenvalue weighted by Gasteiger charge is -2.48. The normalized spacial score (nSPS) is 32.0. The van der Waals surface area contributed by atoms with E-state index < -0.39 is 0 Å². The summed E-state index contributed by atoms with van der Waals surface area (Å²) in [6, 6.07) is 18.7. The molecule has 2 aromatic rings. The van der Waals surface area contributed by atoms with Gasteiger partial charge < -0.3 is 5.11 Å². The van der Waals surface area contributed by atoms with Crippen molar-refractivity contribution in [1.29, 1.82) is 0 Å². The van der Waals surface area contributed by atoms with Crippen LogP contribution in [0.3, 0.4) is 0 Å². The van der Waals surface area contributed by atoms with Gasteiger partial charge in [-0.25, -0.2) is 0 Å². The fraction of sp³-hybridized carbons (Fsp3) is 0.692. The molecule has 2 saturated carbocycles. The lowest BCUT2D eigenvalue weighted by molar-refractivity contribution is -0.0151. The summed E-state index contributed by atoms with van der Waals surface area (Å²) in [5.41, 5.74) is 6.30. The van der Waals surface area contributed by atoms with Gasteiger partial charge in [0.25, 0.3) is 0 Å². The third kappa shape index (κ3) is 6.88. The van der Waals surface area contributed by atoms with Gasteiger partial charge in [0.05, 0.1) is 6.10 Å². The monoisotopic (exact) mass is 544 g/mol. The predicted molar refractivity (Wildman–Crippen MR) is 173 cm³/mol. The molecular weight excluding hydrogens is 484 g/mol. The first kappa shape index (κ1) is 31.3. The topological polar surface area (TPSA) is 20.2 Å². The molecule has 2 fully saturated rings.